The summed E-state index contributed by atoms with van der Waals surface area (Å²) in [4.78, 5) is 0. The van der Waals surface area contributed by atoms with Crippen molar-refractivity contribution in [2.45, 2.75) is 24.7 Å². The van der Waals surface area contributed by atoms with Gasteiger partial charge in [0.1, 0.15) is 0 Å². The molecule has 2 N–H and O–H groups in total. The van der Waals surface area contributed by atoms with Gasteiger partial charge < -0.3 is 5.73 Å². The van der Waals surface area contributed by atoms with Gasteiger partial charge >= 0.3 is 0 Å². The van der Waals surface area contributed by atoms with Crippen LogP contribution in [0.5, 0.6) is 0 Å². The van der Waals surface area contributed by atoms with Gasteiger partial charge in [-0.05, 0) is 109 Å². The van der Waals surface area contributed by atoms with Crippen LogP contribution in [-0.2, 0) is 5.41 Å². The molecule has 2 aliphatic carbocycles. The lowest BCUT2D eigenvalue weighted by Crippen LogP contribution is -2.30. The summed E-state index contributed by atoms with van der Waals surface area (Å²) in [5.74, 6) is 0.908. The van der Waals surface area contributed by atoms with Gasteiger partial charge in [0.05, 0.1) is 5.41 Å². The molecule has 0 bridgehead atoms. The number of benzene rings is 8. The van der Waals surface area contributed by atoms with Crippen LogP contribution in [0.25, 0.3) is 50.2 Å². The van der Waals surface area contributed by atoms with Gasteiger partial charge in [-0.3, -0.25) is 0 Å². The molecule has 3 atom stereocenters. The summed E-state index contributed by atoms with van der Waals surface area (Å²) in [7, 11) is 0. The number of hydrogen-bond acceptors (Lipinski definition) is 1. The number of fused-ring (bicyclic) bond motifs is 5. The maximum Gasteiger partial charge on any atom is 0.0739 e. The largest absolute Gasteiger partial charge is 0.398 e. The monoisotopic (exact) mass is 823 g/mol. The van der Waals surface area contributed by atoms with Gasteiger partial charge in [-0.1, -0.05) is 243 Å². The van der Waals surface area contributed by atoms with E-state index in [-0.39, 0.29) is 0 Å². The van der Waals surface area contributed by atoms with E-state index < -0.39 is 5.41 Å². The van der Waals surface area contributed by atoms with Gasteiger partial charge in [-0.25, -0.2) is 0 Å². The quantitative estimate of drug-likeness (QED) is 0.0830. The molecule has 0 saturated carbocycles. The molecule has 0 heterocycles. The Kier molecular flexibility index (Phi) is 12.2. The molecule has 0 spiro atoms. The lowest BCUT2D eigenvalue weighted by molar-refractivity contribution is 0.587. The molecular formula is C63H53N. The summed E-state index contributed by atoms with van der Waals surface area (Å²) >= 11 is 0. The normalized spacial score (nSPS) is 16.5. The molecule has 1 nitrogen and oxygen atoms in total. The number of aryl methyl sites for hydroxylation is 1. The Hall–Kier alpha value is -7.74. The fourth-order valence-electron chi connectivity index (χ4n) is 9.90. The first kappa shape index (κ1) is 41.6. The van der Waals surface area contributed by atoms with E-state index in [0.717, 1.165) is 23.2 Å². The zero-order valence-corrected chi connectivity index (χ0v) is 36.4. The van der Waals surface area contributed by atoms with Crippen LogP contribution in [0.4, 0.5) is 5.69 Å². The molecule has 8 aromatic rings. The molecule has 0 radical (unpaired) electrons. The number of hydrogen-bond donors (Lipinski definition) is 1. The van der Waals surface area contributed by atoms with Crippen molar-refractivity contribution in [3.8, 4) is 33.4 Å². The highest BCUT2D eigenvalue weighted by Crippen LogP contribution is 2.60. The van der Waals surface area contributed by atoms with Crippen LogP contribution in [0.3, 0.4) is 0 Å². The smallest absolute Gasteiger partial charge is 0.0739 e. The summed E-state index contributed by atoms with van der Waals surface area (Å²) in [6, 6.07) is 65.6. The van der Waals surface area contributed by atoms with Crippen LogP contribution in [0.2, 0.25) is 0 Å². The van der Waals surface area contributed by atoms with Crippen molar-refractivity contribution in [2.24, 2.45) is 5.92 Å². The Morgan fingerprint density at radius 1 is 0.578 bits per heavy atom. The first-order valence-corrected chi connectivity index (χ1v) is 22.3. The average molecular weight is 824 g/mol. The highest BCUT2D eigenvalue weighted by Gasteiger charge is 2.48. The molecule has 0 aromatic heterocycles. The van der Waals surface area contributed by atoms with Crippen molar-refractivity contribution in [2.75, 3.05) is 5.73 Å². The minimum absolute atomic E-state index is 0.385. The Balaban J connectivity index is 0.000000207. The van der Waals surface area contributed by atoms with Gasteiger partial charge in [-0.2, -0.15) is 0 Å². The maximum atomic E-state index is 6.97. The second-order valence-electron chi connectivity index (χ2n) is 16.7. The molecular weight excluding hydrogens is 771 g/mol. The minimum Gasteiger partial charge on any atom is -0.398 e. The zero-order valence-electron chi connectivity index (χ0n) is 36.4. The topological polar surface area (TPSA) is 26.0 Å². The van der Waals surface area contributed by atoms with Crippen molar-refractivity contribution in [3.63, 3.8) is 0 Å². The molecule has 2 aliphatic rings. The Morgan fingerprint density at radius 2 is 1.28 bits per heavy atom. The van der Waals surface area contributed by atoms with Crippen LogP contribution in [-0.4, -0.2) is 0 Å². The standard InChI is InChI=1S/C42H33N.C21H20/c1-3-4-5-6-16-31-17-8-10-20-36(31)42(37-21-11-12-22-40(37)43)38-26-24-30-15-7-9-19-34(30)41(38)35-25-23-33(28-39(35)42)32-18-13-14-29(2)27-32;1-2-21(19-11-7-4-8-12-19)20-15-13-18(14-16-20)17-9-5-3-6-10-17/h3-28H,1,43H2,2H3;2-11,13-16,19,21H,1,12H2/b5-4-,16-6-;. The van der Waals surface area contributed by atoms with Gasteiger partial charge in [0, 0.05) is 11.6 Å². The summed E-state index contributed by atoms with van der Waals surface area (Å²) in [5.41, 5.74) is 23.1. The maximum absolute atomic E-state index is 6.97. The lowest BCUT2D eigenvalue weighted by atomic mass is 9.65. The Labute approximate surface area is 379 Å². The zero-order chi connectivity index (χ0) is 43.9. The van der Waals surface area contributed by atoms with E-state index in [1.165, 1.54) is 72.0 Å². The number of para-hydroxylation sites is 1. The molecule has 0 fully saturated rings. The molecule has 10 rings (SSSR count). The van der Waals surface area contributed by atoms with Gasteiger partial charge in [0.15, 0.2) is 0 Å². The van der Waals surface area contributed by atoms with Crippen LogP contribution < -0.4 is 5.73 Å². The fraction of sp³-hybridized carbons (Fsp3) is 0.0794. The van der Waals surface area contributed by atoms with Gasteiger partial charge in [0.2, 0.25) is 0 Å². The third kappa shape index (κ3) is 7.94. The second kappa shape index (κ2) is 18.7. The first-order chi connectivity index (χ1) is 31.5. The molecule has 3 unspecified atom stereocenters. The highest BCUT2D eigenvalue weighted by molar-refractivity contribution is 6.05. The van der Waals surface area contributed by atoms with Crippen molar-refractivity contribution >= 4 is 22.5 Å². The van der Waals surface area contributed by atoms with Gasteiger partial charge in [0.25, 0.3) is 0 Å². The molecule has 310 valence electrons. The summed E-state index contributed by atoms with van der Waals surface area (Å²) in [5, 5.41) is 2.48. The van der Waals surface area contributed by atoms with Crippen LogP contribution in [0.1, 0.15) is 51.3 Å². The second-order valence-corrected chi connectivity index (χ2v) is 16.7. The number of rotatable bonds is 10. The highest BCUT2D eigenvalue weighted by atomic mass is 14.6. The predicted molar refractivity (Wildman–Crippen MR) is 275 cm³/mol. The summed E-state index contributed by atoms with van der Waals surface area (Å²) in [6.45, 7) is 10.0. The minimum atomic E-state index is -0.636. The summed E-state index contributed by atoms with van der Waals surface area (Å²) < 4.78 is 0. The fourth-order valence-corrected chi connectivity index (χ4v) is 9.90. The van der Waals surface area contributed by atoms with E-state index in [1.807, 2.05) is 24.3 Å². The number of allylic oxidation sites excluding steroid dienone is 9. The molecule has 0 aliphatic heterocycles. The van der Waals surface area contributed by atoms with Crippen molar-refractivity contribution in [1.29, 1.82) is 0 Å². The molecule has 0 saturated heterocycles. The SMILES string of the molecule is C=C/C=C\C=C/c1ccccc1C1(c2ccccc2N)c2cc(-c3cccc(C)c3)ccc2-c2c1ccc1ccccc21.C=CC(c1ccc(-c2ccccc2)cc1)C1C=CC=CC1. The van der Waals surface area contributed by atoms with E-state index in [9.17, 15) is 0 Å². The molecule has 1 heteroatoms. The molecule has 8 aromatic carbocycles. The summed E-state index contributed by atoms with van der Waals surface area (Å²) in [6.07, 6.45) is 22.0. The Morgan fingerprint density at radius 3 is 2.05 bits per heavy atom. The van der Waals surface area contributed by atoms with Crippen molar-refractivity contribution < 1.29 is 0 Å². The van der Waals surface area contributed by atoms with Crippen molar-refractivity contribution in [3.05, 3.63) is 289 Å². The van der Waals surface area contributed by atoms with E-state index in [0.29, 0.717) is 11.8 Å². The van der Waals surface area contributed by atoms with Crippen LogP contribution in [0.15, 0.2) is 250 Å². The average Bonchev–Trinajstić information content (AvgIpc) is 3.65. The number of nitrogen functional groups attached to an aromatic ring is 1. The number of nitrogens with two attached hydrogens (primary N) is 1. The third-order valence-electron chi connectivity index (χ3n) is 12.9. The predicted octanol–water partition coefficient (Wildman–Crippen LogP) is 16.3. The van der Waals surface area contributed by atoms with Crippen LogP contribution >= 0.6 is 0 Å². The van der Waals surface area contributed by atoms with Crippen molar-refractivity contribution in [1.82, 2.24) is 0 Å². The first-order valence-electron chi connectivity index (χ1n) is 22.3. The van der Waals surface area contributed by atoms with Gasteiger partial charge in [-0.15, -0.1) is 6.58 Å². The molecule has 64 heavy (non-hydrogen) atoms. The van der Waals surface area contributed by atoms with E-state index >= 15 is 0 Å². The lowest BCUT2D eigenvalue weighted by Gasteiger charge is -2.36. The van der Waals surface area contributed by atoms with E-state index in [4.69, 9.17) is 5.73 Å². The van der Waals surface area contributed by atoms with Crippen LogP contribution in [0, 0.1) is 12.8 Å². The van der Waals surface area contributed by atoms with E-state index in [1.54, 1.807) is 6.08 Å². The molecule has 0 amide bonds. The van der Waals surface area contributed by atoms with E-state index in [2.05, 4.69) is 232 Å². The Bertz CT molecular complexity index is 3090. The third-order valence-corrected chi connectivity index (χ3v) is 12.9. The number of anilines is 1.